The van der Waals surface area contributed by atoms with Crippen molar-refractivity contribution in [2.75, 3.05) is 11.9 Å². The van der Waals surface area contributed by atoms with Crippen LogP contribution in [0.3, 0.4) is 0 Å². The monoisotopic (exact) mass is 534 g/mol. The maximum absolute atomic E-state index is 14.6. The molecule has 2 heterocycles. The zero-order valence-corrected chi connectivity index (χ0v) is 21.3. The van der Waals surface area contributed by atoms with Crippen molar-refractivity contribution in [3.05, 3.63) is 77.4 Å². The summed E-state index contributed by atoms with van der Waals surface area (Å²) in [7, 11) is 0. The molecule has 1 saturated carbocycles. The third kappa shape index (κ3) is 5.79. The summed E-state index contributed by atoms with van der Waals surface area (Å²) in [5.41, 5.74) is 10.2. The Morgan fingerprint density at radius 1 is 1.13 bits per heavy atom. The Bertz CT molecular complexity index is 1410. The summed E-state index contributed by atoms with van der Waals surface area (Å²) < 4.78 is 41.7. The minimum Gasteiger partial charge on any atom is -0.404 e. The lowest BCUT2D eigenvalue weighted by atomic mass is 9.85. The first-order valence-electron chi connectivity index (χ1n) is 12.9. The molecule has 0 unspecified atom stereocenters. The molecule has 0 spiro atoms. The first-order chi connectivity index (χ1) is 18.8. The third-order valence-electron chi connectivity index (χ3n) is 7.41. The summed E-state index contributed by atoms with van der Waals surface area (Å²) in [6, 6.07) is 12.8. The average Bonchev–Trinajstić information content (AvgIpc) is 2.95. The van der Waals surface area contributed by atoms with Gasteiger partial charge in [-0.1, -0.05) is 24.3 Å². The van der Waals surface area contributed by atoms with Crippen LogP contribution in [0.2, 0.25) is 0 Å². The molecule has 0 saturated heterocycles. The van der Waals surface area contributed by atoms with Crippen molar-refractivity contribution < 1.29 is 18.0 Å². The second-order valence-corrected chi connectivity index (χ2v) is 9.98. The first kappa shape index (κ1) is 26.4. The van der Waals surface area contributed by atoms with Gasteiger partial charge in [0, 0.05) is 61.1 Å². The number of nitrogens with one attached hydrogen (secondary N) is 2. The molecule has 202 valence electrons. The highest BCUT2D eigenvalue weighted by molar-refractivity contribution is 6.08. The van der Waals surface area contributed by atoms with Crippen molar-refractivity contribution in [1.82, 2.24) is 14.9 Å². The van der Waals surface area contributed by atoms with E-state index in [1.165, 1.54) is 6.20 Å². The van der Waals surface area contributed by atoms with Crippen LogP contribution < -0.4 is 11.1 Å². The number of hydrogen-bond donors (Lipinski definition) is 3. The maximum Gasteiger partial charge on any atom is 0.248 e. The van der Waals surface area contributed by atoms with Crippen LogP contribution in [0.5, 0.6) is 0 Å². The van der Waals surface area contributed by atoms with Crippen LogP contribution in [0.1, 0.15) is 42.4 Å². The van der Waals surface area contributed by atoms with Gasteiger partial charge in [-0.2, -0.15) is 0 Å². The van der Waals surface area contributed by atoms with Gasteiger partial charge in [-0.05, 0) is 54.2 Å². The summed E-state index contributed by atoms with van der Waals surface area (Å²) in [4.78, 5) is 23.4. The van der Waals surface area contributed by atoms with Gasteiger partial charge in [-0.15, -0.1) is 0 Å². The number of aromatic nitrogens is 2. The number of nitrogens with two attached hydrogens (primary N) is 1. The minimum absolute atomic E-state index is 0.0121. The number of amides is 1. The van der Waals surface area contributed by atoms with E-state index in [2.05, 4.69) is 15.3 Å². The van der Waals surface area contributed by atoms with Gasteiger partial charge in [0.25, 0.3) is 0 Å². The van der Waals surface area contributed by atoms with E-state index in [9.17, 15) is 18.0 Å². The molecule has 7 nitrogen and oxygen atoms in total. The highest BCUT2D eigenvalue weighted by Gasteiger charge is 2.39. The number of carbonyl (C=O) groups excluding carboxylic acids is 1. The maximum atomic E-state index is 14.6. The molecule has 1 aliphatic carbocycles. The summed E-state index contributed by atoms with van der Waals surface area (Å²) in [6.07, 6.45) is 4.23. The van der Waals surface area contributed by atoms with Crippen molar-refractivity contribution in [3.63, 3.8) is 0 Å². The average molecular weight is 535 g/mol. The summed E-state index contributed by atoms with van der Waals surface area (Å²) >= 11 is 0. The lowest BCUT2D eigenvalue weighted by Gasteiger charge is -2.34. The Labute approximate surface area is 224 Å². The lowest BCUT2D eigenvalue weighted by Crippen LogP contribution is -2.42. The smallest absolute Gasteiger partial charge is 0.248 e. The number of hydrogen-bond acceptors (Lipinski definition) is 6. The molecule has 39 heavy (non-hydrogen) atoms. The fourth-order valence-electron chi connectivity index (χ4n) is 5.13. The number of rotatable bonds is 6. The molecule has 0 radical (unpaired) electrons. The molecule has 0 bridgehead atoms. The molecule has 1 amide bonds. The Kier molecular flexibility index (Phi) is 7.36. The van der Waals surface area contributed by atoms with E-state index in [4.69, 9.17) is 11.1 Å². The van der Waals surface area contributed by atoms with Crippen LogP contribution in [-0.4, -0.2) is 39.5 Å². The predicted octanol–water partition coefficient (Wildman–Crippen LogP) is 5.69. The Morgan fingerprint density at radius 2 is 1.87 bits per heavy atom. The van der Waals surface area contributed by atoms with Crippen LogP contribution in [0, 0.1) is 17.1 Å². The molecule has 1 aromatic heterocycles. The van der Waals surface area contributed by atoms with Crippen LogP contribution >= 0.6 is 0 Å². The highest BCUT2D eigenvalue weighted by atomic mass is 19.3. The van der Waals surface area contributed by atoms with Crippen LogP contribution in [0.15, 0.2) is 54.9 Å². The number of alkyl halides is 2. The van der Waals surface area contributed by atoms with Crippen LogP contribution in [-0.2, 0) is 17.8 Å². The van der Waals surface area contributed by atoms with E-state index >= 15 is 0 Å². The van der Waals surface area contributed by atoms with E-state index in [-0.39, 0.29) is 43.3 Å². The Morgan fingerprint density at radius 3 is 2.56 bits per heavy atom. The second-order valence-electron chi connectivity index (χ2n) is 9.98. The standard InChI is InChI=1S/C29H29F3N6O/c30-25-16-35-26(37-27(25)36-24-5-3-18(4-6-24)23(14-33)15-34)21-2-1-19-9-12-38(17-22(19)13-21)28(39)20-7-10-29(31,32)11-8-20/h1-6,13-16,20,33H,7-12,17,34H2,(H,35,36,37). The molecule has 2 aliphatic rings. The van der Waals surface area contributed by atoms with E-state index in [0.717, 1.165) is 29.1 Å². The zero-order valence-electron chi connectivity index (χ0n) is 21.3. The summed E-state index contributed by atoms with van der Waals surface area (Å²) in [5, 5.41) is 10.4. The van der Waals surface area contributed by atoms with Crippen molar-refractivity contribution in [1.29, 1.82) is 5.41 Å². The van der Waals surface area contributed by atoms with Crippen molar-refractivity contribution >= 4 is 29.2 Å². The fraction of sp³-hybridized carbons (Fsp3) is 0.310. The molecular formula is C29H29F3N6O. The SMILES string of the molecule is N=CC(=CN)c1ccc(Nc2nc(-c3ccc4c(c3)CN(C(=O)C3CCC(F)(F)CC3)CC4)ncc2F)cc1. The molecular weight excluding hydrogens is 505 g/mol. The Hall–Kier alpha value is -4.21. The van der Waals surface area contributed by atoms with Gasteiger partial charge < -0.3 is 21.4 Å². The van der Waals surface area contributed by atoms with Gasteiger partial charge >= 0.3 is 0 Å². The molecule has 2 aromatic carbocycles. The molecule has 3 aromatic rings. The largest absolute Gasteiger partial charge is 0.404 e. The number of benzene rings is 2. The molecule has 1 fully saturated rings. The van der Waals surface area contributed by atoms with Gasteiger partial charge in [-0.25, -0.2) is 23.1 Å². The van der Waals surface area contributed by atoms with E-state index in [0.29, 0.717) is 42.2 Å². The lowest BCUT2D eigenvalue weighted by molar-refractivity contribution is -0.140. The van der Waals surface area contributed by atoms with Crippen molar-refractivity contribution in [2.45, 2.75) is 44.6 Å². The number of allylic oxidation sites excluding steroid dienone is 1. The predicted molar refractivity (Wildman–Crippen MR) is 144 cm³/mol. The third-order valence-corrected chi connectivity index (χ3v) is 7.41. The minimum atomic E-state index is -2.67. The number of halogens is 3. The highest BCUT2D eigenvalue weighted by Crippen LogP contribution is 2.37. The molecule has 1 aliphatic heterocycles. The van der Waals surface area contributed by atoms with Crippen LogP contribution in [0.25, 0.3) is 17.0 Å². The van der Waals surface area contributed by atoms with Gasteiger partial charge in [0.2, 0.25) is 11.8 Å². The number of fused-ring (bicyclic) bond motifs is 1. The van der Waals surface area contributed by atoms with Gasteiger partial charge in [0.05, 0.1) is 6.20 Å². The number of nitrogens with zero attached hydrogens (tertiary/aromatic N) is 3. The zero-order chi connectivity index (χ0) is 27.6. The number of carbonyl (C=O) groups is 1. The number of anilines is 2. The Balaban J connectivity index is 1.32. The summed E-state index contributed by atoms with van der Waals surface area (Å²) in [5.74, 6) is -3.37. The first-order valence-corrected chi connectivity index (χ1v) is 12.9. The van der Waals surface area contributed by atoms with E-state index < -0.39 is 11.7 Å². The molecule has 0 atom stereocenters. The molecule has 4 N–H and O–H groups in total. The fourth-order valence-corrected chi connectivity index (χ4v) is 5.13. The van der Waals surface area contributed by atoms with Crippen molar-refractivity contribution in [2.24, 2.45) is 11.7 Å². The van der Waals surface area contributed by atoms with Crippen LogP contribution in [0.4, 0.5) is 24.7 Å². The normalized spacial score (nSPS) is 17.4. The quantitative estimate of drug-likeness (QED) is 0.353. The van der Waals surface area contributed by atoms with Gasteiger partial charge in [0.15, 0.2) is 17.5 Å². The van der Waals surface area contributed by atoms with E-state index in [1.54, 1.807) is 29.2 Å². The molecule has 5 rings (SSSR count). The van der Waals surface area contributed by atoms with E-state index in [1.807, 2.05) is 18.2 Å². The van der Waals surface area contributed by atoms with Gasteiger partial charge in [0.1, 0.15) is 0 Å². The second kappa shape index (κ2) is 10.9. The van der Waals surface area contributed by atoms with Gasteiger partial charge in [-0.3, -0.25) is 4.79 Å². The summed E-state index contributed by atoms with van der Waals surface area (Å²) in [6.45, 7) is 0.947. The topological polar surface area (TPSA) is 108 Å². The molecule has 10 heteroatoms. The van der Waals surface area contributed by atoms with Crippen molar-refractivity contribution in [3.8, 4) is 11.4 Å².